The Balaban J connectivity index is 2.93. The quantitative estimate of drug-likeness (QED) is 0.602. The molecule has 0 aromatic carbocycles. The zero-order chi connectivity index (χ0) is 9.35. The van der Waals surface area contributed by atoms with Crippen LogP contribution in [0.15, 0.2) is 10.6 Å². The third-order valence-corrected chi connectivity index (χ3v) is 1.54. The first-order valence-corrected chi connectivity index (χ1v) is 3.89. The fourth-order valence-corrected chi connectivity index (χ4v) is 0.858. The lowest BCUT2D eigenvalue weighted by atomic mass is 9.89. The van der Waals surface area contributed by atoms with Crippen LogP contribution >= 0.6 is 0 Å². The topological polar surface area (TPSA) is 43.1 Å². The summed E-state index contributed by atoms with van der Waals surface area (Å²) in [5, 5.41) is 3.66. The van der Waals surface area contributed by atoms with E-state index in [0.29, 0.717) is 11.5 Å². The standard InChI is InChI=1S/C9H13NO2/c1-6-5-7(10-12-6)8(11)9(2,3)4/h5H,1-4H3. The van der Waals surface area contributed by atoms with Gasteiger partial charge in [-0.05, 0) is 6.92 Å². The van der Waals surface area contributed by atoms with Crippen molar-refractivity contribution in [1.82, 2.24) is 5.16 Å². The van der Waals surface area contributed by atoms with E-state index in [-0.39, 0.29) is 11.2 Å². The normalized spacial score (nSPS) is 11.7. The molecular weight excluding hydrogens is 154 g/mol. The number of hydrogen-bond donors (Lipinski definition) is 0. The Kier molecular flexibility index (Phi) is 2.04. The summed E-state index contributed by atoms with van der Waals surface area (Å²) in [6, 6.07) is 1.66. The molecule has 1 heterocycles. The summed E-state index contributed by atoms with van der Waals surface area (Å²) in [7, 11) is 0. The molecule has 0 N–H and O–H groups in total. The maximum absolute atomic E-state index is 11.6. The maximum Gasteiger partial charge on any atom is 0.190 e. The molecule has 0 aliphatic carbocycles. The lowest BCUT2D eigenvalue weighted by Crippen LogP contribution is -2.20. The molecule has 1 rings (SSSR count). The molecule has 3 nitrogen and oxygen atoms in total. The molecule has 0 saturated carbocycles. The summed E-state index contributed by atoms with van der Waals surface area (Å²) in [5.74, 6) is 0.682. The molecule has 0 unspecified atom stereocenters. The molecule has 1 aromatic rings. The molecule has 3 heteroatoms. The van der Waals surface area contributed by atoms with Gasteiger partial charge in [0.1, 0.15) is 11.5 Å². The van der Waals surface area contributed by atoms with Crippen LogP contribution in [0.2, 0.25) is 0 Å². The lowest BCUT2D eigenvalue weighted by molar-refractivity contribution is 0.0848. The van der Waals surface area contributed by atoms with E-state index in [2.05, 4.69) is 5.16 Å². The Labute approximate surface area is 71.7 Å². The number of nitrogens with zero attached hydrogens (tertiary/aromatic N) is 1. The molecule has 0 aliphatic rings. The van der Waals surface area contributed by atoms with Crippen molar-refractivity contribution in [3.05, 3.63) is 17.5 Å². The van der Waals surface area contributed by atoms with Gasteiger partial charge in [0, 0.05) is 11.5 Å². The van der Waals surface area contributed by atoms with Crippen LogP contribution in [0.3, 0.4) is 0 Å². The van der Waals surface area contributed by atoms with E-state index < -0.39 is 0 Å². The number of aromatic nitrogens is 1. The molecule has 0 aliphatic heterocycles. The van der Waals surface area contributed by atoms with Gasteiger partial charge in [0.25, 0.3) is 0 Å². The van der Waals surface area contributed by atoms with Crippen LogP contribution in [0.1, 0.15) is 37.0 Å². The number of ketones is 1. The van der Waals surface area contributed by atoms with Gasteiger partial charge in [-0.3, -0.25) is 4.79 Å². The van der Waals surface area contributed by atoms with E-state index >= 15 is 0 Å². The first-order chi connectivity index (χ1) is 5.41. The van der Waals surface area contributed by atoms with Crippen LogP contribution in [0.25, 0.3) is 0 Å². The Morgan fingerprint density at radius 2 is 2.08 bits per heavy atom. The van der Waals surface area contributed by atoms with Crippen molar-refractivity contribution in [2.24, 2.45) is 5.41 Å². The zero-order valence-electron chi connectivity index (χ0n) is 7.84. The van der Waals surface area contributed by atoms with Gasteiger partial charge in [0.15, 0.2) is 5.78 Å². The highest BCUT2D eigenvalue weighted by atomic mass is 16.5. The lowest BCUT2D eigenvalue weighted by Gasteiger charge is -2.13. The number of hydrogen-bond acceptors (Lipinski definition) is 3. The summed E-state index contributed by atoms with van der Waals surface area (Å²) in [5.41, 5.74) is 0.0311. The summed E-state index contributed by atoms with van der Waals surface area (Å²) < 4.78 is 4.81. The van der Waals surface area contributed by atoms with Gasteiger partial charge in [0.2, 0.25) is 0 Å². The molecular formula is C9H13NO2. The first-order valence-electron chi connectivity index (χ1n) is 3.89. The van der Waals surface area contributed by atoms with Crippen molar-refractivity contribution < 1.29 is 9.32 Å². The SMILES string of the molecule is Cc1cc(C(=O)C(C)(C)C)no1. The minimum Gasteiger partial charge on any atom is -0.361 e. The van der Waals surface area contributed by atoms with Crippen LogP contribution in [-0.4, -0.2) is 10.9 Å². The largest absolute Gasteiger partial charge is 0.361 e. The summed E-state index contributed by atoms with van der Waals surface area (Å²) in [6.45, 7) is 7.35. The number of Topliss-reactive ketones (excluding diaryl/α,β-unsaturated/α-hetero) is 1. The van der Waals surface area contributed by atoms with E-state index in [1.54, 1.807) is 13.0 Å². The molecule has 0 radical (unpaired) electrons. The highest BCUT2D eigenvalue weighted by Gasteiger charge is 2.25. The number of aryl methyl sites for hydroxylation is 1. The van der Waals surface area contributed by atoms with Gasteiger partial charge in [-0.25, -0.2) is 0 Å². The van der Waals surface area contributed by atoms with Crippen LogP contribution in [0.5, 0.6) is 0 Å². The third kappa shape index (κ3) is 1.72. The molecule has 0 atom stereocenters. The van der Waals surface area contributed by atoms with Crippen molar-refractivity contribution in [2.45, 2.75) is 27.7 Å². The second kappa shape index (κ2) is 2.73. The second-order valence-corrected chi connectivity index (χ2v) is 3.90. The van der Waals surface area contributed by atoms with Crippen molar-refractivity contribution >= 4 is 5.78 Å². The monoisotopic (exact) mass is 167 g/mol. The summed E-state index contributed by atoms with van der Waals surface area (Å²) in [4.78, 5) is 11.6. The molecule has 0 fully saturated rings. The average Bonchev–Trinajstić information content (AvgIpc) is 2.32. The second-order valence-electron chi connectivity index (χ2n) is 3.90. The van der Waals surface area contributed by atoms with Crippen LogP contribution in [0.4, 0.5) is 0 Å². The molecule has 12 heavy (non-hydrogen) atoms. The Hall–Kier alpha value is -1.12. The Morgan fingerprint density at radius 3 is 2.42 bits per heavy atom. The molecule has 0 amide bonds. The van der Waals surface area contributed by atoms with Gasteiger partial charge >= 0.3 is 0 Å². The zero-order valence-corrected chi connectivity index (χ0v) is 7.84. The van der Waals surface area contributed by atoms with Crippen molar-refractivity contribution in [1.29, 1.82) is 0 Å². The average molecular weight is 167 g/mol. The molecule has 1 aromatic heterocycles. The van der Waals surface area contributed by atoms with Gasteiger partial charge in [-0.1, -0.05) is 25.9 Å². The van der Waals surface area contributed by atoms with Gasteiger partial charge in [-0.15, -0.1) is 0 Å². The predicted octanol–water partition coefficient (Wildman–Crippen LogP) is 2.21. The fraction of sp³-hybridized carbons (Fsp3) is 0.556. The molecule has 0 bridgehead atoms. The van der Waals surface area contributed by atoms with E-state index in [9.17, 15) is 4.79 Å². The smallest absolute Gasteiger partial charge is 0.190 e. The Bertz CT molecular complexity index is 294. The van der Waals surface area contributed by atoms with Crippen LogP contribution in [0, 0.1) is 12.3 Å². The molecule has 0 saturated heterocycles. The van der Waals surface area contributed by atoms with Crippen LogP contribution in [-0.2, 0) is 0 Å². The van der Waals surface area contributed by atoms with E-state index in [0.717, 1.165) is 0 Å². The van der Waals surface area contributed by atoms with Crippen LogP contribution < -0.4 is 0 Å². The van der Waals surface area contributed by atoms with E-state index in [4.69, 9.17) is 4.52 Å². The van der Waals surface area contributed by atoms with Gasteiger partial charge in [-0.2, -0.15) is 0 Å². The third-order valence-electron chi connectivity index (χ3n) is 1.54. The number of carbonyl (C=O) groups is 1. The molecule has 0 spiro atoms. The van der Waals surface area contributed by atoms with Gasteiger partial charge < -0.3 is 4.52 Å². The highest BCUT2D eigenvalue weighted by molar-refractivity contribution is 5.98. The summed E-state index contributed by atoms with van der Waals surface area (Å²) in [6.07, 6.45) is 0. The van der Waals surface area contributed by atoms with Gasteiger partial charge in [0.05, 0.1) is 0 Å². The highest BCUT2D eigenvalue weighted by Crippen LogP contribution is 2.20. The fourth-order valence-electron chi connectivity index (χ4n) is 0.858. The summed E-state index contributed by atoms with van der Waals surface area (Å²) >= 11 is 0. The predicted molar refractivity (Wildman–Crippen MR) is 45.0 cm³/mol. The Morgan fingerprint density at radius 1 is 1.50 bits per heavy atom. The van der Waals surface area contributed by atoms with Crippen molar-refractivity contribution in [2.75, 3.05) is 0 Å². The first kappa shape index (κ1) is 8.97. The van der Waals surface area contributed by atoms with Crippen molar-refractivity contribution in [3.63, 3.8) is 0 Å². The number of carbonyl (C=O) groups excluding carboxylic acids is 1. The maximum atomic E-state index is 11.6. The minimum atomic E-state index is -0.386. The number of rotatable bonds is 1. The molecule has 66 valence electrons. The van der Waals surface area contributed by atoms with E-state index in [1.165, 1.54) is 0 Å². The van der Waals surface area contributed by atoms with Crippen molar-refractivity contribution in [3.8, 4) is 0 Å². The minimum absolute atomic E-state index is 0.0133. The van der Waals surface area contributed by atoms with E-state index in [1.807, 2.05) is 20.8 Å².